The fraction of sp³-hybridized carbons (Fsp3) is 0.944. The second-order valence-corrected chi connectivity index (χ2v) is 8.91. The Balaban J connectivity index is 1.58. The summed E-state index contributed by atoms with van der Waals surface area (Å²) in [4.78, 5) is 17.8. The summed E-state index contributed by atoms with van der Waals surface area (Å²) in [5.41, 5.74) is 6.77. The summed E-state index contributed by atoms with van der Waals surface area (Å²) in [5, 5.41) is 2.09. The molecule has 0 unspecified atom stereocenters. The van der Waals surface area contributed by atoms with E-state index in [4.69, 9.17) is 20.0 Å². The largest absolute Gasteiger partial charge is 0.469 e. The van der Waals surface area contributed by atoms with E-state index in [0.29, 0.717) is 12.0 Å². The Hall–Kier alpha value is -0.690. The molecule has 2 heterocycles. The van der Waals surface area contributed by atoms with Crippen LogP contribution in [0.2, 0.25) is 0 Å². The van der Waals surface area contributed by atoms with Gasteiger partial charge in [-0.2, -0.15) is 5.06 Å². The smallest absolute Gasteiger partial charge is 0.307 e. The van der Waals surface area contributed by atoms with Crippen LogP contribution >= 0.6 is 0 Å². The standard InChI is InChI=1S/C18H30N2O4/c1-9-13(11(19)8-12(21)22-5)16-20(24-9)14-10-6-7-18(4,15(14)23-16)17(10,2)3/h9-11,13-16H,6-8,19H2,1-5H3/t9-,10+,11-,13+,14+,15+,16-,18-/m0/s1. The van der Waals surface area contributed by atoms with E-state index in [1.165, 1.54) is 20.0 Å². The Bertz CT molecular complexity index is 553. The van der Waals surface area contributed by atoms with E-state index in [1.54, 1.807) is 0 Å². The summed E-state index contributed by atoms with van der Waals surface area (Å²) in [7, 11) is 1.40. The van der Waals surface area contributed by atoms with Crippen molar-refractivity contribution in [1.29, 1.82) is 0 Å². The predicted molar refractivity (Wildman–Crippen MR) is 87.5 cm³/mol. The molecule has 6 nitrogen and oxygen atoms in total. The van der Waals surface area contributed by atoms with Gasteiger partial charge in [-0.25, -0.2) is 0 Å². The molecule has 0 amide bonds. The van der Waals surface area contributed by atoms with Gasteiger partial charge in [0.05, 0.1) is 31.8 Å². The van der Waals surface area contributed by atoms with E-state index in [2.05, 4.69) is 25.8 Å². The van der Waals surface area contributed by atoms with Crippen LogP contribution < -0.4 is 5.73 Å². The van der Waals surface area contributed by atoms with Crippen molar-refractivity contribution in [2.75, 3.05) is 7.11 Å². The minimum atomic E-state index is -0.320. The van der Waals surface area contributed by atoms with Crippen LogP contribution in [0.15, 0.2) is 0 Å². The molecule has 6 heteroatoms. The molecular weight excluding hydrogens is 308 g/mol. The van der Waals surface area contributed by atoms with Crippen molar-refractivity contribution >= 4 is 5.97 Å². The van der Waals surface area contributed by atoms with Gasteiger partial charge in [-0.3, -0.25) is 9.63 Å². The highest BCUT2D eigenvalue weighted by molar-refractivity contribution is 5.69. The molecule has 2 aliphatic heterocycles. The molecule has 2 aliphatic carbocycles. The molecule has 0 aromatic rings. The number of methoxy groups -OCH3 is 1. The van der Waals surface area contributed by atoms with Gasteiger partial charge in [0.15, 0.2) is 0 Å². The molecule has 0 aromatic heterocycles. The average molecular weight is 338 g/mol. The normalized spacial score (nSPS) is 49.9. The molecule has 0 aromatic carbocycles. The van der Waals surface area contributed by atoms with Crippen LogP contribution in [-0.4, -0.2) is 48.7 Å². The first kappa shape index (κ1) is 16.8. The lowest BCUT2D eigenvalue weighted by molar-refractivity contribution is -0.193. The minimum Gasteiger partial charge on any atom is -0.469 e. The van der Waals surface area contributed by atoms with Crippen molar-refractivity contribution in [2.45, 2.75) is 77.5 Å². The maximum Gasteiger partial charge on any atom is 0.307 e. The van der Waals surface area contributed by atoms with Gasteiger partial charge < -0.3 is 15.2 Å². The first-order chi connectivity index (χ1) is 11.2. The minimum absolute atomic E-state index is 0.0131. The lowest BCUT2D eigenvalue weighted by Crippen LogP contribution is -2.45. The number of nitrogens with zero attached hydrogens (tertiary/aromatic N) is 1. The van der Waals surface area contributed by atoms with Gasteiger partial charge in [0.25, 0.3) is 0 Å². The number of hydroxylamine groups is 2. The summed E-state index contributed by atoms with van der Waals surface area (Å²) < 4.78 is 11.3. The van der Waals surface area contributed by atoms with Crippen LogP contribution in [0, 0.1) is 22.7 Å². The number of fused-ring (bicyclic) bond motifs is 7. The number of carbonyl (C=O) groups is 1. The van der Waals surface area contributed by atoms with Crippen LogP contribution in [0.1, 0.15) is 47.0 Å². The molecular formula is C18H30N2O4. The summed E-state index contributed by atoms with van der Waals surface area (Å²) in [5.74, 6) is 0.292. The maximum absolute atomic E-state index is 11.6. The second-order valence-electron chi connectivity index (χ2n) is 8.91. The van der Waals surface area contributed by atoms with Crippen molar-refractivity contribution in [1.82, 2.24) is 5.06 Å². The molecule has 8 atom stereocenters. The van der Waals surface area contributed by atoms with Gasteiger partial charge in [0.2, 0.25) is 0 Å². The molecule has 2 saturated heterocycles. The zero-order chi connectivity index (χ0) is 17.4. The fourth-order valence-electron chi connectivity index (χ4n) is 6.03. The van der Waals surface area contributed by atoms with Gasteiger partial charge >= 0.3 is 5.97 Å². The van der Waals surface area contributed by atoms with E-state index in [0.717, 1.165) is 0 Å². The average Bonchev–Trinajstić information content (AvgIpc) is 3.13. The SMILES string of the molecule is COC(=O)C[C@H](N)[C@H]1[C@H](C)ON2[C@@H]3[C@H]4CC[C@@](C)([C@@H]3O[C@@H]12)C4(C)C. The van der Waals surface area contributed by atoms with Gasteiger partial charge in [0.1, 0.15) is 6.23 Å². The van der Waals surface area contributed by atoms with E-state index in [9.17, 15) is 4.79 Å². The number of nitrogens with two attached hydrogens (primary N) is 1. The first-order valence-corrected chi connectivity index (χ1v) is 9.15. The topological polar surface area (TPSA) is 74.0 Å². The lowest BCUT2D eigenvalue weighted by atomic mass is 9.70. The van der Waals surface area contributed by atoms with Gasteiger partial charge in [-0.1, -0.05) is 20.8 Å². The van der Waals surface area contributed by atoms with E-state index in [-0.39, 0.29) is 53.6 Å². The number of esters is 1. The van der Waals surface area contributed by atoms with E-state index < -0.39 is 0 Å². The Labute approximate surface area is 143 Å². The van der Waals surface area contributed by atoms with Gasteiger partial charge in [-0.15, -0.1) is 0 Å². The number of carbonyl (C=O) groups excluding carboxylic acids is 1. The number of rotatable bonds is 3. The van der Waals surface area contributed by atoms with Crippen molar-refractivity contribution < 1.29 is 19.1 Å². The van der Waals surface area contributed by atoms with E-state index >= 15 is 0 Å². The number of hydrogen-bond acceptors (Lipinski definition) is 6. The molecule has 2 saturated carbocycles. The van der Waals surface area contributed by atoms with Crippen LogP contribution in [0.5, 0.6) is 0 Å². The van der Waals surface area contributed by atoms with Crippen LogP contribution in [0.3, 0.4) is 0 Å². The molecule has 4 fully saturated rings. The molecule has 136 valence electrons. The molecule has 2 N–H and O–H groups in total. The first-order valence-electron chi connectivity index (χ1n) is 9.15. The third-order valence-electron chi connectivity index (χ3n) is 7.84. The van der Waals surface area contributed by atoms with Gasteiger partial charge in [0, 0.05) is 17.4 Å². The summed E-state index contributed by atoms with van der Waals surface area (Å²) in [6.07, 6.45) is 2.63. The van der Waals surface area contributed by atoms with Gasteiger partial charge in [-0.05, 0) is 31.1 Å². The lowest BCUT2D eigenvalue weighted by Gasteiger charge is -2.39. The second kappa shape index (κ2) is 5.16. The van der Waals surface area contributed by atoms with Crippen LogP contribution in [-0.2, 0) is 19.1 Å². The maximum atomic E-state index is 11.6. The third-order valence-corrected chi connectivity index (χ3v) is 7.84. The molecule has 4 rings (SSSR count). The molecule has 2 bridgehead atoms. The number of hydrogen-bond donors (Lipinski definition) is 1. The summed E-state index contributed by atoms with van der Waals surface area (Å²) in [6.45, 7) is 9.15. The third kappa shape index (κ3) is 1.88. The van der Waals surface area contributed by atoms with E-state index in [1.807, 2.05) is 6.92 Å². The summed E-state index contributed by atoms with van der Waals surface area (Å²) >= 11 is 0. The highest BCUT2D eigenvalue weighted by atomic mass is 16.8. The molecule has 4 aliphatic rings. The Morgan fingerprint density at radius 3 is 2.79 bits per heavy atom. The quantitative estimate of drug-likeness (QED) is 0.789. The van der Waals surface area contributed by atoms with Crippen molar-refractivity contribution in [2.24, 2.45) is 28.4 Å². The zero-order valence-electron chi connectivity index (χ0n) is 15.3. The van der Waals surface area contributed by atoms with Crippen molar-refractivity contribution in [3.63, 3.8) is 0 Å². The molecule has 0 spiro atoms. The van der Waals surface area contributed by atoms with Crippen molar-refractivity contribution in [3.8, 4) is 0 Å². The Morgan fingerprint density at radius 1 is 1.42 bits per heavy atom. The predicted octanol–water partition coefficient (Wildman–Crippen LogP) is 1.68. The Kier molecular flexibility index (Phi) is 3.60. The monoisotopic (exact) mass is 338 g/mol. The van der Waals surface area contributed by atoms with Crippen molar-refractivity contribution in [3.05, 3.63) is 0 Å². The highest BCUT2D eigenvalue weighted by Crippen LogP contribution is 2.70. The number of ether oxygens (including phenoxy) is 2. The molecule has 0 radical (unpaired) electrons. The fourth-order valence-corrected chi connectivity index (χ4v) is 6.03. The van der Waals surface area contributed by atoms with Crippen LogP contribution in [0.25, 0.3) is 0 Å². The summed E-state index contributed by atoms with van der Waals surface area (Å²) in [6, 6.07) is -0.0127. The van der Waals surface area contributed by atoms with Crippen LogP contribution in [0.4, 0.5) is 0 Å². The zero-order valence-corrected chi connectivity index (χ0v) is 15.3. The Morgan fingerprint density at radius 2 is 2.12 bits per heavy atom. The molecule has 24 heavy (non-hydrogen) atoms. The highest BCUT2D eigenvalue weighted by Gasteiger charge is 2.73.